The van der Waals surface area contributed by atoms with Gasteiger partial charge in [0, 0.05) is 23.0 Å². The van der Waals surface area contributed by atoms with Gasteiger partial charge in [-0.3, -0.25) is 9.05 Å². The second kappa shape index (κ2) is 17.8. The normalized spacial score (nSPS) is 22.3. The van der Waals surface area contributed by atoms with E-state index in [2.05, 4.69) is 77.3 Å². The number of hydrogen-bond acceptors (Lipinski definition) is 20. The molecule has 0 aliphatic carbocycles. The Kier molecular flexibility index (Phi) is 9.46. The van der Waals surface area contributed by atoms with Crippen LogP contribution in [0, 0.1) is 21.7 Å². The minimum atomic E-state index is -4.70. The van der Waals surface area contributed by atoms with Crippen molar-refractivity contribution < 1.29 is 62.6 Å². The van der Waals surface area contributed by atoms with Crippen LogP contribution in [0.15, 0.2) is 73.2 Å². The lowest BCUT2D eigenvalue weighted by Crippen LogP contribution is -2.32. The van der Waals surface area contributed by atoms with Crippen molar-refractivity contribution >= 4 is 63.2 Å². The number of halogens is 4. The van der Waals surface area contributed by atoms with Crippen LogP contribution < -0.4 is 22.5 Å². The van der Waals surface area contributed by atoms with Crippen LogP contribution >= 0.6 is 31.9 Å². The predicted molar refractivity (Wildman–Crippen MR) is 204 cm³/mol. The lowest BCUT2D eigenvalue weighted by atomic mass is 10.1. The van der Waals surface area contributed by atoms with Gasteiger partial charge in [0.05, 0.1) is 43.1 Å². The van der Waals surface area contributed by atoms with Crippen molar-refractivity contribution in [3.05, 3.63) is 88.2 Å². The summed E-state index contributed by atoms with van der Waals surface area (Å²) >= 11 is 5.99. The molecular weight excluding hydrogens is 968 g/mol. The third-order valence-corrected chi connectivity index (χ3v) is 10.9. The molecule has 2 fully saturated rings. The molecule has 2 saturated heterocycles. The molecule has 2 aliphatic heterocycles. The Morgan fingerprint density at radius 2 is 1.25 bits per heavy atom. The fraction of sp³-hybridized carbons (Fsp3) is 0.333. The number of nitro groups is 1. The van der Waals surface area contributed by atoms with Gasteiger partial charge in [0.15, 0.2) is 10.9 Å². The van der Waals surface area contributed by atoms with E-state index in [4.69, 9.17) is 22.9 Å². The maximum Gasteiger partial charge on any atom is 0.446 e. The van der Waals surface area contributed by atoms with Crippen molar-refractivity contribution in [3.8, 4) is 34.4 Å². The molecule has 29 heteroatoms. The molecule has 0 amide bonds. The quantitative estimate of drug-likeness (QED) is 0.163. The summed E-state index contributed by atoms with van der Waals surface area (Å²) in [5.74, 6) is -4.35. The zero-order chi connectivity index (χ0) is 51.4. The van der Waals surface area contributed by atoms with E-state index in [9.17, 15) is 45.3 Å². The number of hydrogen-bond donors (Lipinski definition) is 2. The zero-order valence-corrected chi connectivity index (χ0v) is 33.5. The maximum absolute atomic E-state index is 13.6. The minimum Gasteiger partial charge on any atom is -0.362 e. The Morgan fingerprint density at radius 1 is 0.780 bits per heavy atom. The third kappa shape index (κ3) is 10.2. The average Bonchev–Trinajstić information content (AvgIpc) is 4.06. The zero-order valence-electron chi connectivity index (χ0n) is 38.6. The number of rotatable bonds is 8. The van der Waals surface area contributed by atoms with Gasteiger partial charge in [-0.15, -0.1) is 4.63 Å². The SMILES string of the molecule is O=c1onc(-c2nonc2[N+](=O)[O-])n1-c1ccc(F)c(Br)c1.[2H]C1([2H])CC(Nc2nonc2-c2noc(=O)n2-c2ccc(F)c(Br)c2)CC([2H])([2H])S1(=O)=O.[2H]N([2H])C1CC([2H])([2H])S(=O)(=O)C([2H])([2H])C1. The molecule has 2 aromatic carbocycles. The van der Waals surface area contributed by atoms with Crippen molar-refractivity contribution in [2.24, 2.45) is 5.72 Å². The van der Waals surface area contributed by atoms with Crippen LogP contribution in [0.3, 0.4) is 0 Å². The molecule has 59 heavy (non-hydrogen) atoms. The highest BCUT2D eigenvalue weighted by atomic mass is 79.9. The Hall–Kier alpha value is -5.52. The summed E-state index contributed by atoms with van der Waals surface area (Å²) in [6.07, 6.45) is -2.25. The van der Waals surface area contributed by atoms with E-state index in [0.29, 0.717) is 0 Å². The molecule has 3 N–H and O–H groups in total. The third-order valence-electron chi connectivity index (χ3n) is 7.49. The highest BCUT2D eigenvalue weighted by Gasteiger charge is 2.31. The molecule has 23 nitrogen and oxygen atoms in total. The minimum absolute atomic E-state index is 0.0681. The molecule has 0 saturated carbocycles. The molecule has 314 valence electrons. The van der Waals surface area contributed by atoms with Gasteiger partial charge < -0.3 is 21.2 Å². The van der Waals surface area contributed by atoms with Gasteiger partial charge in [0.1, 0.15) is 34.1 Å². The number of benzene rings is 2. The van der Waals surface area contributed by atoms with Crippen molar-refractivity contribution in [1.82, 2.24) is 40.1 Å². The van der Waals surface area contributed by atoms with E-state index in [-0.39, 0.29) is 49.2 Å². The number of nitrogens with one attached hydrogen (secondary N) is 1. The molecule has 6 aromatic rings. The number of anilines is 1. The largest absolute Gasteiger partial charge is 0.446 e. The maximum atomic E-state index is 13.6. The fourth-order valence-corrected chi connectivity index (χ4v) is 7.35. The molecule has 0 radical (unpaired) electrons. The molecule has 0 spiro atoms. The van der Waals surface area contributed by atoms with Crippen molar-refractivity contribution in [1.29, 1.82) is 0 Å². The van der Waals surface area contributed by atoms with Crippen LogP contribution in [0.25, 0.3) is 34.4 Å². The average molecular weight is 1010 g/mol. The first-order valence-electron chi connectivity index (χ1n) is 20.6. The van der Waals surface area contributed by atoms with Gasteiger partial charge in [-0.25, -0.2) is 49.0 Å². The summed E-state index contributed by atoms with van der Waals surface area (Å²) in [4.78, 5) is 34.0. The fourth-order valence-electron chi connectivity index (χ4n) is 4.75. The highest BCUT2D eigenvalue weighted by molar-refractivity contribution is 9.10. The molecule has 0 atom stereocenters. The molecule has 0 bridgehead atoms. The summed E-state index contributed by atoms with van der Waals surface area (Å²) in [5, 5.41) is 34.4. The van der Waals surface area contributed by atoms with Gasteiger partial charge in [-0.2, -0.15) is 0 Å². The number of nitrogens with two attached hydrogens (primary N) is 1. The molecular formula is C30H27Br2F2N11O12S2. The van der Waals surface area contributed by atoms with Crippen LogP contribution in [0.4, 0.5) is 20.4 Å². The van der Waals surface area contributed by atoms with Gasteiger partial charge in [-0.05, 0) is 114 Å². The Morgan fingerprint density at radius 3 is 1.75 bits per heavy atom. The van der Waals surface area contributed by atoms with Crippen molar-refractivity contribution in [3.63, 3.8) is 0 Å². The lowest BCUT2D eigenvalue weighted by molar-refractivity contribution is -0.390. The molecule has 2 aliphatic rings. The van der Waals surface area contributed by atoms with E-state index in [1.165, 1.54) is 24.3 Å². The van der Waals surface area contributed by atoms with E-state index in [1.807, 2.05) is 0 Å². The van der Waals surface area contributed by atoms with E-state index in [1.54, 1.807) is 0 Å². The smallest absolute Gasteiger partial charge is 0.362 e. The Balaban J connectivity index is 0.000000183. The van der Waals surface area contributed by atoms with Crippen LogP contribution in [0.5, 0.6) is 0 Å². The topological polar surface area (TPSA) is 323 Å². The highest BCUT2D eigenvalue weighted by Crippen LogP contribution is 2.29. The second-order valence-corrected chi connectivity index (χ2v) is 16.3. The molecule has 4 aromatic heterocycles. The lowest BCUT2D eigenvalue weighted by Gasteiger charge is -2.22. The van der Waals surface area contributed by atoms with Crippen LogP contribution in [-0.4, -0.2) is 96.7 Å². The molecule has 0 unspecified atom stereocenters. The summed E-state index contributed by atoms with van der Waals surface area (Å²) in [7, 11) is -9.23. The van der Waals surface area contributed by atoms with E-state index >= 15 is 0 Å². The first kappa shape index (κ1) is 31.4. The first-order chi connectivity index (χ1) is 31.8. The number of nitrogens with zero attached hydrogens (tertiary/aromatic N) is 9. The summed E-state index contributed by atoms with van der Waals surface area (Å²) < 4.78 is 168. The monoisotopic (exact) mass is 1000 g/mol. The number of aromatic nitrogens is 8. The van der Waals surface area contributed by atoms with Crippen molar-refractivity contribution in [2.45, 2.75) is 37.8 Å². The van der Waals surface area contributed by atoms with Crippen LogP contribution in [0.2, 0.25) is 2.82 Å². The van der Waals surface area contributed by atoms with Gasteiger partial charge >= 0.3 is 17.3 Å². The summed E-state index contributed by atoms with van der Waals surface area (Å²) in [6.45, 7) is 0. The molecule has 8 rings (SSSR count). The first-order valence-corrected chi connectivity index (χ1v) is 20.3. The van der Waals surface area contributed by atoms with Crippen LogP contribution in [-0.2, 0) is 19.7 Å². The van der Waals surface area contributed by atoms with Crippen molar-refractivity contribution in [2.75, 3.05) is 28.1 Å². The number of sulfone groups is 2. The van der Waals surface area contributed by atoms with Crippen LogP contribution in [0.1, 0.15) is 36.6 Å². The Bertz CT molecular complexity index is 3230. The standard InChI is InChI=1S/C15H13BrFN5O5S.C10H3BrFN5O5.C5H11NO2S/c16-10-7-9(1-2-11(10)17)22-14(21-26-15(22)23)12-13(20-27-19-12)18-8-3-5-28(24,25)6-4-8;11-5-3-4(1-2-6(5)12)16-8(14-21-10(16)18)7-9(17(19)20)15-22-13-7;6-5-1-3-9(7,8)4-2-5/h1-2,7-8H,3-6H2,(H,18,20);1-3H;5H,1-4,6H2/i5D2,6D2;;3D2,4D2/hD2. The summed E-state index contributed by atoms with van der Waals surface area (Å²) in [6, 6.07) is 5.26. The van der Waals surface area contributed by atoms with Gasteiger partial charge in [0.2, 0.25) is 17.5 Å². The van der Waals surface area contributed by atoms with Gasteiger partial charge in [-0.1, -0.05) is 10.3 Å². The van der Waals surface area contributed by atoms with E-state index < -0.39 is 120 Å². The Labute approximate surface area is 359 Å². The van der Waals surface area contributed by atoms with E-state index in [0.717, 1.165) is 21.3 Å². The second-order valence-electron chi connectivity index (χ2n) is 11.5. The summed E-state index contributed by atoms with van der Waals surface area (Å²) in [5.41, 5.74) is -11.2. The van der Waals surface area contributed by atoms with Gasteiger partial charge in [0.25, 0.3) is 5.69 Å². The predicted octanol–water partition coefficient (Wildman–Crippen LogP) is 2.97. The molecule has 6 heterocycles.